The van der Waals surface area contributed by atoms with E-state index >= 15 is 0 Å². The van der Waals surface area contributed by atoms with Gasteiger partial charge in [0.1, 0.15) is 11.9 Å². The predicted octanol–water partition coefficient (Wildman–Crippen LogP) is 7.15. The number of hydrogen-bond acceptors (Lipinski definition) is 6. The number of hydrogen-bond donors (Lipinski definition) is 0. The van der Waals surface area contributed by atoms with Gasteiger partial charge in [0.25, 0.3) is 5.60 Å². The second-order valence-corrected chi connectivity index (χ2v) is 9.26. The zero-order chi connectivity index (χ0) is 29.9. The van der Waals surface area contributed by atoms with Gasteiger partial charge >= 0.3 is 12.1 Å². The average molecular weight is 573 g/mol. The van der Waals surface area contributed by atoms with E-state index in [0.717, 1.165) is 24.0 Å². The lowest BCUT2D eigenvalue weighted by molar-refractivity contribution is -0.278. The molecule has 2 atom stereocenters. The van der Waals surface area contributed by atoms with Crippen molar-refractivity contribution < 1.29 is 41.7 Å². The van der Waals surface area contributed by atoms with Gasteiger partial charge in [0, 0.05) is 12.7 Å². The molecule has 0 fully saturated rings. The Hall–Kier alpha value is -3.98. The van der Waals surface area contributed by atoms with Crippen LogP contribution in [0.3, 0.4) is 0 Å². The number of benzene rings is 3. The van der Waals surface area contributed by atoms with Crippen LogP contribution >= 0.6 is 0 Å². The minimum atomic E-state index is -5.05. The van der Waals surface area contributed by atoms with E-state index in [9.17, 15) is 18.0 Å². The number of alkyl halides is 3. The maximum atomic E-state index is 14.4. The van der Waals surface area contributed by atoms with Crippen LogP contribution in [0.25, 0.3) is 6.08 Å². The molecule has 0 aliphatic carbocycles. The highest BCUT2D eigenvalue weighted by molar-refractivity contribution is 5.82. The molecule has 3 aromatic carbocycles. The van der Waals surface area contributed by atoms with Crippen LogP contribution in [0.2, 0.25) is 0 Å². The maximum Gasteiger partial charge on any atom is 0.432 e. The number of methoxy groups -OCH3 is 4. The van der Waals surface area contributed by atoms with Crippen LogP contribution in [0.4, 0.5) is 13.2 Å². The summed E-state index contributed by atoms with van der Waals surface area (Å²) in [5.41, 5.74) is -1.81. The van der Waals surface area contributed by atoms with Gasteiger partial charge in [-0.05, 0) is 61.1 Å². The fraction of sp³-hybridized carbons (Fsp3) is 0.344. The van der Waals surface area contributed by atoms with Crippen molar-refractivity contribution in [1.82, 2.24) is 0 Å². The predicted molar refractivity (Wildman–Crippen MR) is 150 cm³/mol. The molecule has 0 aliphatic heterocycles. The number of ether oxygens (including phenoxy) is 5. The van der Waals surface area contributed by atoms with E-state index in [4.69, 9.17) is 23.7 Å². The standard InChI is InChI=1S/C32H35F3O6/c1-37-26-18-14-23(15-19-26)10-8-9-13-27(20-16-24-17-21-28(38-2)29(22-24)39-3)41-30(36)31(40-4,32(33,34)35)25-11-6-5-7-12-25/h5-8,10-12,14-15,17-19,21-22,27H,9,13,16,20H2,1-4H3/b10-8+/t27-,31+/m1/s1. The van der Waals surface area contributed by atoms with Crippen LogP contribution in [0.1, 0.15) is 36.0 Å². The van der Waals surface area contributed by atoms with E-state index < -0.39 is 23.9 Å². The minimum Gasteiger partial charge on any atom is -0.497 e. The average Bonchev–Trinajstić information content (AvgIpc) is 2.98. The number of esters is 1. The molecule has 0 aliphatic rings. The zero-order valence-electron chi connectivity index (χ0n) is 23.6. The lowest BCUT2D eigenvalue weighted by Crippen LogP contribution is -2.52. The third-order valence-electron chi connectivity index (χ3n) is 6.73. The first-order valence-electron chi connectivity index (χ1n) is 13.1. The number of rotatable bonds is 14. The highest BCUT2D eigenvalue weighted by Gasteiger charge is 2.64. The number of allylic oxidation sites excluding steroid dienone is 1. The van der Waals surface area contributed by atoms with Crippen LogP contribution in [-0.2, 0) is 26.3 Å². The Morgan fingerprint density at radius 2 is 1.51 bits per heavy atom. The van der Waals surface area contributed by atoms with E-state index in [1.54, 1.807) is 25.3 Å². The van der Waals surface area contributed by atoms with Crippen LogP contribution < -0.4 is 14.2 Å². The van der Waals surface area contributed by atoms with Crippen molar-refractivity contribution in [3.05, 3.63) is 95.6 Å². The molecule has 0 saturated heterocycles. The summed E-state index contributed by atoms with van der Waals surface area (Å²) < 4.78 is 69.7. The second-order valence-electron chi connectivity index (χ2n) is 9.26. The van der Waals surface area contributed by atoms with E-state index in [0.29, 0.717) is 30.8 Å². The molecule has 9 heteroatoms. The normalized spacial score (nSPS) is 13.8. The van der Waals surface area contributed by atoms with Gasteiger partial charge in [0.05, 0.1) is 21.3 Å². The van der Waals surface area contributed by atoms with Gasteiger partial charge in [-0.3, -0.25) is 0 Å². The molecule has 3 aromatic rings. The van der Waals surface area contributed by atoms with Gasteiger partial charge in [-0.25, -0.2) is 4.79 Å². The molecule has 0 saturated carbocycles. The Bertz CT molecular complexity index is 1270. The Morgan fingerprint density at radius 1 is 0.829 bits per heavy atom. The van der Waals surface area contributed by atoms with Crippen molar-refractivity contribution in [3.63, 3.8) is 0 Å². The van der Waals surface area contributed by atoms with Crippen LogP contribution in [0, 0.1) is 0 Å². The molecule has 0 spiro atoms. The van der Waals surface area contributed by atoms with Gasteiger partial charge in [-0.15, -0.1) is 0 Å². The van der Waals surface area contributed by atoms with Crippen LogP contribution in [0.5, 0.6) is 17.2 Å². The molecule has 0 unspecified atom stereocenters. The summed E-state index contributed by atoms with van der Waals surface area (Å²) >= 11 is 0. The van der Waals surface area contributed by atoms with E-state index in [1.165, 1.54) is 38.5 Å². The molecule has 41 heavy (non-hydrogen) atoms. The van der Waals surface area contributed by atoms with Crippen molar-refractivity contribution in [2.45, 2.75) is 43.6 Å². The quantitative estimate of drug-likeness (QED) is 0.191. The minimum absolute atomic E-state index is 0.282. The van der Waals surface area contributed by atoms with Gasteiger partial charge < -0.3 is 23.7 Å². The third-order valence-corrected chi connectivity index (χ3v) is 6.73. The fourth-order valence-corrected chi connectivity index (χ4v) is 4.46. The molecule has 0 bridgehead atoms. The van der Waals surface area contributed by atoms with Crippen molar-refractivity contribution in [1.29, 1.82) is 0 Å². The topological polar surface area (TPSA) is 63.2 Å². The molecule has 0 radical (unpaired) electrons. The SMILES string of the molecule is COc1ccc(/C=C/CC[C@H](CCc2ccc(OC)c(OC)c2)OC(=O)[C@@](OC)(c2ccccc2)C(F)(F)F)cc1. The summed E-state index contributed by atoms with van der Waals surface area (Å²) in [7, 11) is 5.50. The van der Waals surface area contributed by atoms with Crippen molar-refractivity contribution >= 4 is 12.0 Å². The van der Waals surface area contributed by atoms with E-state index in [2.05, 4.69) is 0 Å². The van der Waals surface area contributed by atoms with Crippen molar-refractivity contribution in [2.24, 2.45) is 0 Å². The zero-order valence-corrected chi connectivity index (χ0v) is 23.6. The molecule has 0 aromatic heterocycles. The molecule has 0 heterocycles. The van der Waals surface area contributed by atoms with Crippen LogP contribution in [0.15, 0.2) is 78.9 Å². The summed E-state index contributed by atoms with van der Waals surface area (Å²) in [6.07, 6.45) is -0.609. The van der Waals surface area contributed by atoms with Gasteiger partial charge in [-0.1, -0.05) is 60.7 Å². The second kappa shape index (κ2) is 14.6. The van der Waals surface area contributed by atoms with E-state index in [-0.39, 0.29) is 12.0 Å². The first-order valence-corrected chi connectivity index (χ1v) is 13.1. The summed E-state index contributed by atoms with van der Waals surface area (Å²) in [5.74, 6) is 0.311. The molecular formula is C32H35F3O6. The first-order chi connectivity index (χ1) is 19.7. The number of carbonyl (C=O) groups excluding carboxylic acids is 1. The summed E-state index contributed by atoms with van der Waals surface area (Å²) in [4.78, 5) is 13.3. The van der Waals surface area contributed by atoms with E-state index in [1.807, 2.05) is 42.5 Å². The van der Waals surface area contributed by atoms with Crippen molar-refractivity contribution in [2.75, 3.05) is 28.4 Å². The lowest BCUT2D eigenvalue weighted by atomic mass is 9.92. The Morgan fingerprint density at radius 3 is 2.10 bits per heavy atom. The van der Waals surface area contributed by atoms with Gasteiger partial charge in [0.15, 0.2) is 11.5 Å². The third kappa shape index (κ3) is 7.82. The summed E-state index contributed by atoms with van der Waals surface area (Å²) in [6.45, 7) is 0. The Balaban J connectivity index is 1.82. The molecule has 0 amide bonds. The maximum absolute atomic E-state index is 14.4. The molecule has 0 N–H and O–H groups in total. The number of carbonyl (C=O) groups is 1. The highest BCUT2D eigenvalue weighted by atomic mass is 19.4. The molecular weight excluding hydrogens is 537 g/mol. The monoisotopic (exact) mass is 572 g/mol. The Labute approximate surface area is 238 Å². The first kappa shape index (κ1) is 31.5. The molecule has 6 nitrogen and oxygen atoms in total. The lowest BCUT2D eigenvalue weighted by Gasteiger charge is -2.33. The van der Waals surface area contributed by atoms with Gasteiger partial charge in [0.2, 0.25) is 0 Å². The largest absolute Gasteiger partial charge is 0.497 e. The Kier molecular flexibility index (Phi) is 11.2. The summed E-state index contributed by atoms with van der Waals surface area (Å²) in [5, 5.41) is 0. The smallest absolute Gasteiger partial charge is 0.432 e. The summed E-state index contributed by atoms with van der Waals surface area (Å²) in [6, 6.07) is 19.6. The van der Waals surface area contributed by atoms with Crippen LogP contribution in [-0.4, -0.2) is 46.7 Å². The molecule has 3 rings (SSSR count). The highest BCUT2D eigenvalue weighted by Crippen LogP contribution is 2.43. The number of halogens is 3. The fourth-order valence-electron chi connectivity index (χ4n) is 4.46. The van der Waals surface area contributed by atoms with Gasteiger partial charge in [-0.2, -0.15) is 13.2 Å². The van der Waals surface area contributed by atoms with Crippen molar-refractivity contribution in [3.8, 4) is 17.2 Å². The number of aryl methyl sites for hydroxylation is 1. The molecule has 220 valence electrons.